The molecule has 4 rings (SSSR count). The summed E-state index contributed by atoms with van der Waals surface area (Å²) < 4.78 is 2.36. The molecule has 1 aliphatic rings. The molecule has 3 aromatic rings. The maximum Gasteiger partial charge on any atom is 0.276 e. The summed E-state index contributed by atoms with van der Waals surface area (Å²) in [6, 6.07) is 1.91. The predicted octanol–water partition coefficient (Wildman–Crippen LogP) is 3.79. The largest absolute Gasteiger partial charge is 0.387 e. The van der Waals surface area contributed by atoms with Gasteiger partial charge in [-0.1, -0.05) is 19.1 Å². The fraction of sp³-hybridized carbons (Fsp3) is 0.278. The van der Waals surface area contributed by atoms with Crippen molar-refractivity contribution in [3.8, 4) is 0 Å². The monoisotopic (exact) mass is 338 g/mol. The molecule has 1 unspecified atom stereocenters. The lowest BCUT2D eigenvalue weighted by atomic mass is 10.0. The Kier molecular flexibility index (Phi) is 3.49. The van der Waals surface area contributed by atoms with Gasteiger partial charge in [0.1, 0.15) is 20.9 Å². The van der Waals surface area contributed by atoms with E-state index in [1.165, 1.54) is 11.3 Å². The number of fused-ring (bicyclic) bond motifs is 3. The van der Waals surface area contributed by atoms with Crippen LogP contribution in [0.3, 0.4) is 0 Å². The second-order valence-corrected chi connectivity index (χ2v) is 7.07. The quantitative estimate of drug-likeness (QED) is 0.772. The summed E-state index contributed by atoms with van der Waals surface area (Å²) in [5.41, 5.74) is 2.57. The van der Waals surface area contributed by atoms with Crippen LogP contribution >= 0.6 is 11.3 Å². The van der Waals surface area contributed by atoms with Crippen molar-refractivity contribution < 1.29 is 0 Å². The third kappa shape index (κ3) is 2.17. The van der Waals surface area contributed by atoms with Crippen LogP contribution in [-0.4, -0.2) is 21.6 Å². The summed E-state index contributed by atoms with van der Waals surface area (Å²) in [6.45, 7) is 4.05. The first-order valence-electron chi connectivity index (χ1n) is 7.97. The summed E-state index contributed by atoms with van der Waals surface area (Å²) in [5, 5.41) is 4.09. The summed E-state index contributed by atoms with van der Waals surface area (Å²) in [5.74, 6) is 1.21. The molecular formula is C18H18N4OS. The van der Waals surface area contributed by atoms with E-state index in [2.05, 4.69) is 29.4 Å². The fourth-order valence-electron chi connectivity index (χ4n) is 3.11. The van der Waals surface area contributed by atoms with Crippen molar-refractivity contribution in [3.05, 3.63) is 46.7 Å². The Balaban J connectivity index is 2.04. The zero-order valence-corrected chi connectivity index (χ0v) is 14.6. The maximum absolute atomic E-state index is 13.1. The number of nitrogens with zero attached hydrogens (tertiary/aromatic N) is 3. The van der Waals surface area contributed by atoms with Crippen LogP contribution in [0, 0.1) is 12.8 Å². The average molecular weight is 338 g/mol. The molecule has 3 heterocycles. The third-order valence-corrected chi connectivity index (χ3v) is 5.46. The van der Waals surface area contributed by atoms with Gasteiger partial charge in [0.05, 0.1) is 5.39 Å². The highest BCUT2D eigenvalue weighted by Crippen LogP contribution is 2.34. The van der Waals surface area contributed by atoms with E-state index < -0.39 is 0 Å². The third-order valence-electron chi connectivity index (χ3n) is 4.38. The van der Waals surface area contributed by atoms with E-state index in [4.69, 9.17) is 4.98 Å². The number of hydrogen-bond acceptors (Lipinski definition) is 5. The topological polar surface area (TPSA) is 59.8 Å². The number of aromatic nitrogens is 3. The van der Waals surface area contributed by atoms with E-state index in [0.717, 1.165) is 33.5 Å². The van der Waals surface area contributed by atoms with E-state index in [0.29, 0.717) is 16.4 Å². The molecule has 1 atom stereocenters. The van der Waals surface area contributed by atoms with Gasteiger partial charge in [-0.3, -0.25) is 9.36 Å². The van der Waals surface area contributed by atoms with Gasteiger partial charge < -0.3 is 5.32 Å². The first kappa shape index (κ1) is 15.1. The van der Waals surface area contributed by atoms with Crippen molar-refractivity contribution in [2.24, 2.45) is 5.92 Å². The van der Waals surface area contributed by atoms with Crippen LogP contribution in [0.25, 0.3) is 26.1 Å². The fourth-order valence-corrected chi connectivity index (χ4v) is 4.15. The molecule has 0 aliphatic heterocycles. The summed E-state index contributed by atoms with van der Waals surface area (Å²) in [7, 11) is 1.87. The highest BCUT2D eigenvalue weighted by molar-refractivity contribution is 7.25. The molecule has 0 fully saturated rings. The van der Waals surface area contributed by atoms with Gasteiger partial charge in [0.2, 0.25) is 0 Å². The van der Waals surface area contributed by atoms with Crippen molar-refractivity contribution in [2.45, 2.75) is 20.3 Å². The van der Waals surface area contributed by atoms with Crippen LogP contribution in [0.15, 0.2) is 35.3 Å². The summed E-state index contributed by atoms with van der Waals surface area (Å²) in [4.78, 5) is 23.1. The Morgan fingerprint density at radius 1 is 1.42 bits per heavy atom. The molecular weight excluding hydrogens is 320 g/mol. The average Bonchev–Trinajstić information content (AvgIpc) is 2.95. The van der Waals surface area contributed by atoms with E-state index in [1.54, 1.807) is 10.8 Å². The molecule has 24 heavy (non-hydrogen) atoms. The number of anilines is 1. The van der Waals surface area contributed by atoms with Crippen LogP contribution in [0.5, 0.6) is 0 Å². The van der Waals surface area contributed by atoms with Crippen LogP contribution < -0.4 is 10.9 Å². The van der Waals surface area contributed by atoms with Gasteiger partial charge in [0, 0.05) is 24.6 Å². The molecule has 5 nitrogen and oxygen atoms in total. The number of allylic oxidation sites excluding steroid dienone is 4. The summed E-state index contributed by atoms with van der Waals surface area (Å²) >= 11 is 1.41. The molecule has 0 saturated heterocycles. The molecule has 0 spiro atoms. The maximum atomic E-state index is 13.1. The van der Waals surface area contributed by atoms with Gasteiger partial charge in [0.25, 0.3) is 5.56 Å². The first-order valence-corrected chi connectivity index (χ1v) is 8.79. The molecule has 0 aromatic carbocycles. The number of pyridine rings is 1. The highest BCUT2D eigenvalue weighted by Gasteiger charge is 2.18. The number of rotatable bonds is 2. The minimum absolute atomic E-state index is 0.0204. The van der Waals surface area contributed by atoms with E-state index in [9.17, 15) is 4.79 Å². The number of thiophene rings is 1. The van der Waals surface area contributed by atoms with Gasteiger partial charge in [0.15, 0.2) is 0 Å². The van der Waals surface area contributed by atoms with Gasteiger partial charge in [-0.05, 0) is 31.4 Å². The normalized spacial score (nSPS) is 17.5. The molecule has 6 heteroatoms. The lowest BCUT2D eigenvalue weighted by Crippen LogP contribution is -2.22. The van der Waals surface area contributed by atoms with Crippen LogP contribution in [-0.2, 0) is 0 Å². The minimum Gasteiger partial charge on any atom is -0.387 e. The van der Waals surface area contributed by atoms with E-state index in [1.807, 2.05) is 26.1 Å². The molecule has 1 aliphatic carbocycles. The molecule has 0 bridgehead atoms. The van der Waals surface area contributed by atoms with Crippen molar-refractivity contribution in [2.75, 3.05) is 12.4 Å². The Bertz CT molecular complexity index is 1070. The van der Waals surface area contributed by atoms with Gasteiger partial charge in [-0.25, -0.2) is 9.97 Å². The smallest absolute Gasteiger partial charge is 0.276 e. The van der Waals surface area contributed by atoms with Crippen LogP contribution in [0.2, 0.25) is 0 Å². The Morgan fingerprint density at radius 3 is 2.96 bits per heavy atom. The van der Waals surface area contributed by atoms with Crippen molar-refractivity contribution in [1.82, 2.24) is 14.5 Å². The second-order valence-electron chi connectivity index (χ2n) is 6.07. The van der Waals surface area contributed by atoms with Gasteiger partial charge in [-0.2, -0.15) is 0 Å². The van der Waals surface area contributed by atoms with Crippen LogP contribution in [0.1, 0.15) is 19.2 Å². The minimum atomic E-state index is -0.0204. The van der Waals surface area contributed by atoms with Gasteiger partial charge in [-0.15, -0.1) is 11.3 Å². The van der Waals surface area contributed by atoms with E-state index >= 15 is 0 Å². The standard InChI is InChI=1S/C18H18N4OS/c1-10-4-6-12(7-5-10)22-11(2)21-15-14-13(19-3)8-9-20-17(14)24-16(15)18(22)23/h4,6-10H,5H2,1-3H3,(H,19,20). The van der Waals surface area contributed by atoms with Crippen molar-refractivity contribution >= 4 is 43.2 Å². The first-order chi connectivity index (χ1) is 11.6. The molecule has 0 radical (unpaired) electrons. The zero-order chi connectivity index (χ0) is 16.8. The summed E-state index contributed by atoms with van der Waals surface area (Å²) in [6.07, 6.45) is 8.95. The van der Waals surface area contributed by atoms with Crippen molar-refractivity contribution in [3.63, 3.8) is 0 Å². The molecule has 3 aromatic heterocycles. The SMILES string of the molecule is CNc1ccnc2sc3c(=O)n(C4=CCC(C)C=C4)c(C)nc3c12. The van der Waals surface area contributed by atoms with E-state index in [-0.39, 0.29) is 5.56 Å². The number of aryl methyl sites for hydroxylation is 1. The molecule has 0 amide bonds. The Morgan fingerprint density at radius 2 is 2.25 bits per heavy atom. The number of hydrogen-bond donors (Lipinski definition) is 1. The molecule has 0 saturated carbocycles. The number of nitrogens with one attached hydrogen (secondary N) is 1. The predicted molar refractivity (Wildman–Crippen MR) is 101 cm³/mol. The van der Waals surface area contributed by atoms with Crippen molar-refractivity contribution in [1.29, 1.82) is 0 Å². The molecule has 1 N–H and O–H groups in total. The lowest BCUT2D eigenvalue weighted by Gasteiger charge is -2.15. The lowest BCUT2D eigenvalue weighted by molar-refractivity contribution is 0.731. The van der Waals surface area contributed by atoms with Crippen LogP contribution in [0.4, 0.5) is 5.69 Å². The zero-order valence-electron chi connectivity index (χ0n) is 13.8. The highest BCUT2D eigenvalue weighted by atomic mass is 32.1. The van der Waals surface area contributed by atoms with Gasteiger partial charge >= 0.3 is 0 Å². The Labute approximate surface area is 143 Å². The second kappa shape index (κ2) is 5.56. The molecule has 122 valence electrons. The Hall–Kier alpha value is -2.47.